The highest BCUT2D eigenvalue weighted by Crippen LogP contribution is 2.34. The molecule has 0 fully saturated rings. The summed E-state index contributed by atoms with van der Waals surface area (Å²) in [7, 11) is 0. The first-order valence-corrected chi connectivity index (χ1v) is 9.18. The molecule has 0 heterocycles. The molecule has 0 bridgehead atoms. The molecule has 8 heteroatoms. The molecule has 7 nitrogen and oxygen atoms in total. The maximum atomic E-state index is 12.2. The molecule has 0 unspecified atom stereocenters. The first kappa shape index (κ1) is 21.4. The fourth-order valence-electron chi connectivity index (χ4n) is 2.68. The van der Waals surface area contributed by atoms with Crippen LogP contribution in [0.3, 0.4) is 0 Å². The number of carboxylic acids is 1. The van der Waals surface area contributed by atoms with Gasteiger partial charge in [-0.05, 0) is 42.3 Å². The molecule has 0 aliphatic heterocycles. The number of carbonyl (C=O) groups excluding carboxylic acids is 1. The van der Waals surface area contributed by atoms with E-state index in [1.165, 1.54) is 36.4 Å². The van der Waals surface area contributed by atoms with Gasteiger partial charge in [-0.1, -0.05) is 31.4 Å². The van der Waals surface area contributed by atoms with Crippen LogP contribution in [-0.4, -0.2) is 21.8 Å². The third-order valence-corrected chi connectivity index (χ3v) is 4.22. The van der Waals surface area contributed by atoms with Gasteiger partial charge >= 0.3 is 11.7 Å². The van der Waals surface area contributed by atoms with E-state index in [2.05, 4.69) is 0 Å². The second kappa shape index (κ2) is 9.85. The Morgan fingerprint density at radius 2 is 1.93 bits per heavy atom. The number of nitrogens with zero attached hydrogens (tertiary/aromatic N) is 1. The molecule has 0 saturated heterocycles. The van der Waals surface area contributed by atoms with Crippen LogP contribution in [0.1, 0.15) is 48.5 Å². The lowest BCUT2D eigenvalue weighted by molar-refractivity contribution is -0.385. The van der Waals surface area contributed by atoms with E-state index >= 15 is 0 Å². The van der Waals surface area contributed by atoms with Crippen LogP contribution in [0, 0.1) is 10.1 Å². The normalized spacial score (nSPS) is 10.5. The lowest BCUT2D eigenvalue weighted by atomic mass is 10.0. The van der Waals surface area contributed by atoms with Crippen molar-refractivity contribution in [3.05, 3.63) is 62.7 Å². The number of carboxylic acid groups (broad SMARTS) is 1. The molecule has 0 aliphatic rings. The van der Waals surface area contributed by atoms with Gasteiger partial charge in [0.05, 0.1) is 11.3 Å². The van der Waals surface area contributed by atoms with E-state index in [9.17, 15) is 19.7 Å². The number of ether oxygens (including phenoxy) is 1. The smallest absolute Gasteiger partial charge is 0.312 e. The molecule has 1 N–H and O–H groups in total. The average molecular weight is 406 g/mol. The molecule has 0 spiro atoms. The molecule has 0 aliphatic carbocycles. The van der Waals surface area contributed by atoms with Crippen LogP contribution in [0.2, 0.25) is 5.02 Å². The third kappa shape index (κ3) is 6.06. The molecule has 0 aromatic heterocycles. The molecule has 2 rings (SSSR count). The van der Waals surface area contributed by atoms with Crippen molar-refractivity contribution in [1.82, 2.24) is 0 Å². The number of Topliss-reactive ketones (excluding diaryl/α,β-unsaturated/α-hetero) is 1. The Kier molecular flexibility index (Phi) is 7.52. The SMILES string of the molecule is CCCCCC(=O)c1ccc(Oc2cc(Cl)cc(CC(=O)O)c2)c([N+](=O)[O-])c1. The van der Waals surface area contributed by atoms with Gasteiger partial charge in [0.1, 0.15) is 5.75 Å². The second-order valence-electron chi connectivity index (χ2n) is 6.29. The molecular weight excluding hydrogens is 386 g/mol. The highest BCUT2D eigenvalue weighted by atomic mass is 35.5. The molecule has 0 amide bonds. The fourth-order valence-corrected chi connectivity index (χ4v) is 2.93. The first-order valence-electron chi connectivity index (χ1n) is 8.81. The Hall–Kier alpha value is -2.93. The fraction of sp³-hybridized carbons (Fsp3) is 0.300. The molecule has 148 valence electrons. The number of nitro benzene ring substituents is 1. The van der Waals surface area contributed by atoms with Crippen molar-refractivity contribution in [2.24, 2.45) is 0 Å². The number of unbranched alkanes of at least 4 members (excludes halogenated alkanes) is 2. The minimum absolute atomic E-state index is 0.0568. The minimum atomic E-state index is -1.04. The summed E-state index contributed by atoms with van der Waals surface area (Å²) < 4.78 is 5.58. The van der Waals surface area contributed by atoms with Crippen LogP contribution >= 0.6 is 11.6 Å². The van der Waals surface area contributed by atoms with Crippen molar-refractivity contribution < 1.29 is 24.4 Å². The van der Waals surface area contributed by atoms with Crippen LogP contribution in [-0.2, 0) is 11.2 Å². The molecule has 2 aromatic carbocycles. The molecule has 0 saturated carbocycles. The van der Waals surface area contributed by atoms with Gasteiger partial charge in [-0.2, -0.15) is 0 Å². The van der Waals surface area contributed by atoms with Crippen molar-refractivity contribution >= 4 is 29.0 Å². The number of aliphatic carboxylic acids is 1. The minimum Gasteiger partial charge on any atom is -0.481 e. The van der Waals surface area contributed by atoms with Crippen molar-refractivity contribution in [2.45, 2.75) is 39.0 Å². The maximum Gasteiger partial charge on any atom is 0.312 e. The summed E-state index contributed by atoms with van der Waals surface area (Å²) in [6, 6.07) is 8.41. The molecule has 0 radical (unpaired) electrons. The van der Waals surface area contributed by atoms with E-state index in [1.54, 1.807) is 0 Å². The summed E-state index contributed by atoms with van der Waals surface area (Å²) in [5.41, 5.74) is 0.314. The van der Waals surface area contributed by atoms with Gasteiger partial charge in [0, 0.05) is 23.1 Å². The number of rotatable bonds is 10. The number of benzene rings is 2. The van der Waals surface area contributed by atoms with Gasteiger partial charge in [0.25, 0.3) is 0 Å². The van der Waals surface area contributed by atoms with Gasteiger partial charge in [-0.15, -0.1) is 0 Å². The highest BCUT2D eigenvalue weighted by molar-refractivity contribution is 6.30. The van der Waals surface area contributed by atoms with Gasteiger partial charge in [-0.25, -0.2) is 0 Å². The molecule has 28 heavy (non-hydrogen) atoms. The zero-order valence-electron chi connectivity index (χ0n) is 15.3. The lowest BCUT2D eigenvalue weighted by Gasteiger charge is -2.10. The van der Waals surface area contributed by atoms with Crippen LogP contribution in [0.25, 0.3) is 0 Å². The number of ketones is 1. The number of hydrogen-bond acceptors (Lipinski definition) is 5. The molecule has 0 atom stereocenters. The zero-order valence-corrected chi connectivity index (χ0v) is 16.1. The van der Waals surface area contributed by atoms with Crippen LogP contribution in [0.15, 0.2) is 36.4 Å². The summed E-state index contributed by atoms with van der Waals surface area (Å²) in [5.74, 6) is -1.08. The highest BCUT2D eigenvalue weighted by Gasteiger charge is 2.20. The largest absolute Gasteiger partial charge is 0.481 e. The second-order valence-corrected chi connectivity index (χ2v) is 6.72. The predicted octanol–water partition coefficient (Wildman–Crippen LogP) is 5.43. The Morgan fingerprint density at radius 3 is 2.57 bits per heavy atom. The third-order valence-electron chi connectivity index (χ3n) is 4.00. The molecule has 2 aromatic rings. The van der Waals surface area contributed by atoms with Gasteiger partial charge < -0.3 is 9.84 Å². The number of hydrogen-bond donors (Lipinski definition) is 1. The number of carbonyl (C=O) groups is 2. The monoisotopic (exact) mass is 405 g/mol. The quantitative estimate of drug-likeness (QED) is 0.244. The molecular formula is C20H20ClNO6. The van der Waals surface area contributed by atoms with Crippen molar-refractivity contribution in [3.8, 4) is 11.5 Å². The average Bonchev–Trinajstić information content (AvgIpc) is 2.60. The summed E-state index contributed by atoms with van der Waals surface area (Å²) >= 11 is 5.98. The number of nitro groups is 1. The summed E-state index contributed by atoms with van der Waals surface area (Å²) in [6.07, 6.45) is 2.70. The van der Waals surface area contributed by atoms with Gasteiger partial charge in [-0.3, -0.25) is 19.7 Å². The van der Waals surface area contributed by atoms with Crippen LogP contribution in [0.4, 0.5) is 5.69 Å². The van der Waals surface area contributed by atoms with E-state index in [-0.39, 0.29) is 40.0 Å². The van der Waals surface area contributed by atoms with E-state index in [0.29, 0.717) is 12.0 Å². The van der Waals surface area contributed by atoms with E-state index in [1.807, 2.05) is 6.92 Å². The first-order chi connectivity index (χ1) is 13.3. The summed E-state index contributed by atoms with van der Waals surface area (Å²) in [4.78, 5) is 33.9. The van der Waals surface area contributed by atoms with E-state index in [0.717, 1.165) is 19.3 Å². The summed E-state index contributed by atoms with van der Waals surface area (Å²) in [5, 5.41) is 20.6. The number of halogens is 1. The maximum absolute atomic E-state index is 12.2. The van der Waals surface area contributed by atoms with Crippen LogP contribution in [0.5, 0.6) is 11.5 Å². The van der Waals surface area contributed by atoms with E-state index in [4.69, 9.17) is 21.4 Å². The predicted molar refractivity (Wildman–Crippen MR) is 104 cm³/mol. The Morgan fingerprint density at radius 1 is 1.18 bits per heavy atom. The van der Waals surface area contributed by atoms with Crippen molar-refractivity contribution in [3.63, 3.8) is 0 Å². The lowest BCUT2D eigenvalue weighted by Crippen LogP contribution is -2.02. The van der Waals surface area contributed by atoms with Gasteiger partial charge in [0.2, 0.25) is 5.75 Å². The van der Waals surface area contributed by atoms with Crippen molar-refractivity contribution in [1.29, 1.82) is 0 Å². The Bertz CT molecular complexity index is 896. The Balaban J connectivity index is 2.28. The standard InChI is InChI=1S/C20H20ClNO6/c1-2-3-4-5-18(23)14-6-7-19(17(11-14)22(26)27)28-16-9-13(10-20(24)25)8-15(21)12-16/h6-9,11-12H,2-5,10H2,1H3,(H,24,25). The Labute approximate surface area is 167 Å². The summed E-state index contributed by atoms with van der Waals surface area (Å²) in [6.45, 7) is 2.03. The zero-order chi connectivity index (χ0) is 20.7. The van der Waals surface area contributed by atoms with Crippen LogP contribution < -0.4 is 4.74 Å². The van der Waals surface area contributed by atoms with E-state index < -0.39 is 10.9 Å². The van der Waals surface area contributed by atoms with Gasteiger partial charge in [0.15, 0.2) is 5.78 Å². The topological polar surface area (TPSA) is 107 Å². The van der Waals surface area contributed by atoms with Crippen molar-refractivity contribution in [2.75, 3.05) is 0 Å².